The lowest BCUT2D eigenvalue weighted by Gasteiger charge is -2.32. The van der Waals surface area contributed by atoms with Crippen molar-refractivity contribution in [3.8, 4) is 0 Å². The Balaban J connectivity index is 2.04. The first-order chi connectivity index (χ1) is 17.9. The molecule has 3 aromatic carbocycles. The summed E-state index contributed by atoms with van der Waals surface area (Å²) in [7, 11) is -4.16. The average molecular weight is 577 g/mol. The van der Waals surface area contributed by atoms with Gasteiger partial charge in [0.1, 0.15) is 12.6 Å². The molecular weight excluding hydrogens is 545 g/mol. The fourth-order valence-corrected chi connectivity index (χ4v) is 5.60. The Morgan fingerprint density at radius 2 is 1.42 bits per heavy atom. The maximum atomic E-state index is 13.9. The Bertz CT molecular complexity index is 1380. The van der Waals surface area contributed by atoms with E-state index < -0.39 is 28.5 Å². The SMILES string of the molecule is Cc1ccccc1N(CC(=O)N(Cc1ccc(Cl)cc1)C(C)C(=O)NC(C)C)S(=O)(=O)c1ccc(Cl)cc1. The number of nitrogens with one attached hydrogen (secondary N) is 1. The van der Waals surface area contributed by atoms with Gasteiger partial charge in [0, 0.05) is 22.6 Å². The van der Waals surface area contributed by atoms with Crippen molar-refractivity contribution in [3.05, 3.63) is 94.0 Å². The average Bonchev–Trinajstić information content (AvgIpc) is 2.86. The van der Waals surface area contributed by atoms with E-state index >= 15 is 0 Å². The van der Waals surface area contributed by atoms with Crippen LogP contribution in [0.2, 0.25) is 10.0 Å². The monoisotopic (exact) mass is 575 g/mol. The van der Waals surface area contributed by atoms with Crippen molar-refractivity contribution in [2.24, 2.45) is 0 Å². The van der Waals surface area contributed by atoms with Crippen LogP contribution in [0.1, 0.15) is 31.9 Å². The number of halogens is 2. The van der Waals surface area contributed by atoms with Gasteiger partial charge in [-0.3, -0.25) is 13.9 Å². The number of carbonyl (C=O) groups is 2. The molecule has 3 rings (SSSR count). The fraction of sp³-hybridized carbons (Fsp3) is 0.286. The van der Waals surface area contributed by atoms with E-state index in [9.17, 15) is 18.0 Å². The van der Waals surface area contributed by atoms with E-state index in [0.717, 1.165) is 9.87 Å². The number of benzene rings is 3. The number of hydrogen-bond donors (Lipinski definition) is 1. The van der Waals surface area contributed by atoms with Crippen LogP contribution in [0.15, 0.2) is 77.7 Å². The van der Waals surface area contributed by atoms with E-state index in [4.69, 9.17) is 23.2 Å². The highest BCUT2D eigenvalue weighted by molar-refractivity contribution is 7.92. The summed E-state index contributed by atoms with van der Waals surface area (Å²) in [5.41, 5.74) is 1.78. The number of rotatable bonds is 10. The zero-order valence-corrected chi connectivity index (χ0v) is 24.0. The third kappa shape index (κ3) is 7.28. The quantitative estimate of drug-likeness (QED) is 0.348. The summed E-state index contributed by atoms with van der Waals surface area (Å²) in [6.45, 7) is 6.63. The molecule has 0 aliphatic heterocycles. The van der Waals surface area contributed by atoms with Crippen LogP contribution in [0.5, 0.6) is 0 Å². The lowest BCUT2D eigenvalue weighted by atomic mass is 10.1. The zero-order valence-electron chi connectivity index (χ0n) is 21.7. The second kappa shape index (κ2) is 12.7. The molecule has 0 spiro atoms. The number of aryl methyl sites for hydroxylation is 1. The van der Waals surface area contributed by atoms with Crippen LogP contribution in [-0.4, -0.2) is 43.8 Å². The minimum Gasteiger partial charge on any atom is -0.352 e. The third-order valence-corrected chi connectivity index (χ3v) is 8.21. The molecule has 1 N–H and O–H groups in total. The normalized spacial score (nSPS) is 12.2. The summed E-state index contributed by atoms with van der Waals surface area (Å²) in [5.74, 6) is -0.877. The van der Waals surface area contributed by atoms with E-state index in [1.807, 2.05) is 13.8 Å². The van der Waals surface area contributed by atoms with Crippen molar-refractivity contribution >= 4 is 50.7 Å². The van der Waals surface area contributed by atoms with E-state index in [1.165, 1.54) is 29.2 Å². The zero-order chi connectivity index (χ0) is 28.0. The molecule has 0 heterocycles. The Morgan fingerprint density at radius 1 is 0.868 bits per heavy atom. The highest BCUT2D eigenvalue weighted by atomic mass is 35.5. The smallest absolute Gasteiger partial charge is 0.264 e. The largest absolute Gasteiger partial charge is 0.352 e. The number of anilines is 1. The first kappa shape index (κ1) is 29.5. The van der Waals surface area contributed by atoms with Gasteiger partial charge in [0.15, 0.2) is 0 Å². The Hall–Kier alpha value is -3.07. The number of amides is 2. The van der Waals surface area contributed by atoms with Gasteiger partial charge < -0.3 is 10.2 Å². The van der Waals surface area contributed by atoms with Crippen LogP contribution >= 0.6 is 23.2 Å². The Kier molecular flexibility index (Phi) is 9.82. The molecule has 0 radical (unpaired) electrons. The number of sulfonamides is 1. The molecule has 0 bridgehead atoms. The maximum Gasteiger partial charge on any atom is 0.264 e. The van der Waals surface area contributed by atoms with Gasteiger partial charge in [0.05, 0.1) is 10.6 Å². The molecule has 10 heteroatoms. The molecular formula is C28H31Cl2N3O4S. The van der Waals surface area contributed by atoms with Crippen molar-refractivity contribution in [3.63, 3.8) is 0 Å². The van der Waals surface area contributed by atoms with Crippen molar-refractivity contribution in [1.82, 2.24) is 10.2 Å². The molecule has 0 aliphatic carbocycles. The molecule has 7 nitrogen and oxygen atoms in total. The third-order valence-electron chi connectivity index (χ3n) is 5.93. The first-order valence-corrected chi connectivity index (χ1v) is 14.3. The predicted octanol–water partition coefficient (Wildman–Crippen LogP) is 5.44. The van der Waals surface area contributed by atoms with Gasteiger partial charge in [-0.1, -0.05) is 53.5 Å². The molecule has 0 aliphatic rings. The lowest BCUT2D eigenvalue weighted by molar-refractivity contribution is -0.139. The predicted molar refractivity (Wildman–Crippen MR) is 152 cm³/mol. The van der Waals surface area contributed by atoms with Crippen LogP contribution in [0.4, 0.5) is 5.69 Å². The number of nitrogens with zero attached hydrogens (tertiary/aromatic N) is 2. The van der Waals surface area contributed by atoms with E-state index in [1.54, 1.807) is 62.4 Å². The lowest BCUT2D eigenvalue weighted by Crippen LogP contribution is -2.52. The highest BCUT2D eigenvalue weighted by Crippen LogP contribution is 2.28. The van der Waals surface area contributed by atoms with Crippen molar-refractivity contribution < 1.29 is 18.0 Å². The van der Waals surface area contributed by atoms with E-state index in [0.29, 0.717) is 21.3 Å². The van der Waals surface area contributed by atoms with Crippen LogP contribution < -0.4 is 9.62 Å². The van der Waals surface area contributed by atoms with Crippen molar-refractivity contribution in [2.75, 3.05) is 10.8 Å². The molecule has 0 saturated heterocycles. The second-order valence-electron chi connectivity index (χ2n) is 9.24. The molecule has 38 heavy (non-hydrogen) atoms. The topological polar surface area (TPSA) is 86.8 Å². The number of carbonyl (C=O) groups excluding carboxylic acids is 2. The summed E-state index contributed by atoms with van der Waals surface area (Å²) < 4.78 is 28.7. The van der Waals surface area contributed by atoms with Gasteiger partial charge in [-0.2, -0.15) is 0 Å². The van der Waals surface area contributed by atoms with Gasteiger partial charge >= 0.3 is 0 Å². The van der Waals surface area contributed by atoms with Gasteiger partial charge in [-0.25, -0.2) is 8.42 Å². The number of hydrogen-bond acceptors (Lipinski definition) is 4. The minimum atomic E-state index is -4.16. The van der Waals surface area contributed by atoms with E-state index in [-0.39, 0.29) is 23.4 Å². The van der Waals surface area contributed by atoms with Crippen LogP contribution in [0.25, 0.3) is 0 Å². The van der Waals surface area contributed by atoms with Gasteiger partial charge in [-0.05, 0) is 81.3 Å². The van der Waals surface area contributed by atoms with Crippen molar-refractivity contribution in [1.29, 1.82) is 0 Å². The summed E-state index contributed by atoms with van der Waals surface area (Å²) in [6.07, 6.45) is 0. The maximum absolute atomic E-state index is 13.9. The van der Waals surface area contributed by atoms with Crippen LogP contribution in [0, 0.1) is 6.92 Å². The molecule has 1 unspecified atom stereocenters. The summed E-state index contributed by atoms with van der Waals surface area (Å²) in [5, 5.41) is 3.76. The van der Waals surface area contributed by atoms with Crippen molar-refractivity contribution in [2.45, 2.75) is 51.2 Å². The van der Waals surface area contributed by atoms with Gasteiger partial charge in [-0.15, -0.1) is 0 Å². The van der Waals surface area contributed by atoms with Crippen LogP contribution in [-0.2, 0) is 26.2 Å². The highest BCUT2D eigenvalue weighted by Gasteiger charge is 2.33. The molecule has 3 aromatic rings. The molecule has 0 fully saturated rings. The fourth-order valence-electron chi connectivity index (χ4n) is 3.86. The summed E-state index contributed by atoms with van der Waals surface area (Å²) >= 11 is 12.0. The molecule has 0 aromatic heterocycles. The second-order valence-corrected chi connectivity index (χ2v) is 12.0. The molecule has 202 valence electrons. The summed E-state index contributed by atoms with van der Waals surface area (Å²) in [6, 6.07) is 18.6. The summed E-state index contributed by atoms with van der Waals surface area (Å²) in [4.78, 5) is 28.2. The van der Waals surface area contributed by atoms with Crippen LogP contribution in [0.3, 0.4) is 0 Å². The molecule has 2 amide bonds. The Labute approximate surface area is 234 Å². The Morgan fingerprint density at radius 3 is 1.97 bits per heavy atom. The van der Waals surface area contributed by atoms with Gasteiger partial charge in [0.25, 0.3) is 10.0 Å². The molecule has 1 atom stereocenters. The minimum absolute atomic E-state index is 0.00666. The first-order valence-electron chi connectivity index (χ1n) is 12.1. The standard InChI is InChI=1S/C28H31Cl2N3O4S/c1-19(2)31-28(35)21(4)32(17-22-9-11-23(29)12-10-22)27(34)18-33(26-8-6-5-7-20(26)3)38(36,37)25-15-13-24(30)14-16-25/h5-16,19,21H,17-18H2,1-4H3,(H,31,35). The van der Waals surface area contributed by atoms with Gasteiger partial charge in [0.2, 0.25) is 11.8 Å². The number of para-hydroxylation sites is 1. The van der Waals surface area contributed by atoms with E-state index in [2.05, 4.69) is 5.32 Å². The molecule has 0 saturated carbocycles.